The van der Waals surface area contributed by atoms with Crippen LogP contribution in [0, 0.1) is 0 Å². The van der Waals surface area contributed by atoms with Crippen molar-refractivity contribution in [1.29, 1.82) is 0 Å². The molecule has 1 aliphatic rings. The van der Waals surface area contributed by atoms with Crippen LogP contribution in [0.2, 0.25) is 0 Å². The zero-order valence-corrected chi connectivity index (χ0v) is 16.2. The first-order chi connectivity index (χ1) is 11.4. The molecule has 0 bridgehead atoms. The Hall–Kier alpha value is -1.07. The van der Waals surface area contributed by atoms with Crippen molar-refractivity contribution in [2.75, 3.05) is 39.4 Å². The van der Waals surface area contributed by atoms with Crippen molar-refractivity contribution in [3.05, 3.63) is 35.4 Å². The molecule has 1 aromatic carbocycles. The van der Waals surface area contributed by atoms with Crippen LogP contribution >= 0.6 is 24.0 Å². The predicted octanol–water partition coefficient (Wildman–Crippen LogP) is 2.45. The molecule has 1 heterocycles. The lowest BCUT2D eigenvalue weighted by molar-refractivity contribution is -0.137. The highest BCUT2D eigenvalue weighted by molar-refractivity contribution is 14.0. The van der Waals surface area contributed by atoms with Crippen molar-refractivity contribution >= 4 is 29.9 Å². The minimum atomic E-state index is -4.32. The van der Waals surface area contributed by atoms with E-state index in [1.807, 2.05) is 0 Å². The Balaban J connectivity index is 0.00000312. The molecule has 3 N–H and O–H groups in total. The molecule has 1 saturated heterocycles. The third-order valence-electron chi connectivity index (χ3n) is 3.77. The number of nitrogens with two attached hydrogens (primary N) is 1. The molecule has 0 atom stereocenters. The van der Waals surface area contributed by atoms with Crippen LogP contribution in [-0.4, -0.2) is 50.3 Å². The maximum absolute atomic E-state index is 12.5. The number of hydrogen-bond acceptors (Lipinski definition) is 3. The van der Waals surface area contributed by atoms with Gasteiger partial charge in [-0.2, -0.15) is 13.2 Å². The number of guanidine groups is 1. The Kier molecular flexibility index (Phi) is 9.51. The largest absolute Gasteiger partial charge is 0.416 e. The Morgan fingerprint density at radius 1 is 1.20 bits per heavy atom. The molecule has 0 aliphatic carbocycles. The highest BCUT2D eigenvalue weighted by Gasteiger charge is 2.29. The zero-order valence-electron chi connectivity index (χ0n) is 13.9. The van der Waals surface area contributed by atoms with Crippen molar-refractivity contribution in [1.82, 2.24) is 10.2 Å². The van der Waals surface area contributed by atoms with Gasteiger partial charge in [0.05, 0.1) is 25.3 Å². The van der Waals surface area contributed by atoms with E-state index < -0.39 is 11.7 Å². The molecule has 0 radical (unpaired) electrons. The lowest BCUT2D eigenvalue weighted by Crippen LogP contribution is -2.39. The maximum atomic E-state index is 12.5. The summed E-state index contributed by atoms with van der Waals surface area (Å²) in [6.07, 6.45) is -3.38. The SMILES string of the molecule is I.NC(=NCc1ccc(C(F)(F)F)cc1)NCCCN1CCOCC1. The first-order valence-electron chi connectivity index (χ1n) is 7.95. The fourth-order valence-electron chi connectivity index (χ4n) is 2.38. The molecular formula is C16H24F3IN4O. The number of ether oxygens (including phenoxy) is 1. The van der Waals surface area contributed by atoms with Crippen molar-refractivity contribution in [3.8, 4) is 0 Å². The number of nitrogens with zero attached hydrogens (tertiary/aromatic N) is 2. The molecular weight excluding hydrogens is 448 g/mol. The molecule has 0 spiro atoms. The number of rotatable bonds is 6. The Labute approximate surface area is 162 Å². The average Bonchev–Trinajstić information content (AvgIpc) is 2.57. The summed E-state index contributed by atoms with van der Waals surface area (Å²) < 4.78 is 42.7. The molecule has 1 aromatic rings. The number of nitrogens with one attached hydrogen (secondary N) is 1. The summed E-state index contributed by atoms with van der Waals surface area (Å²) in [4.78, 5) is 6.47. The van der Waals surface area contributed by atoms with E-state index in [0.29, 0.717) is 18.1 Å². The molecule has 0 saturated carbocycles. The lowest BCUT2D eigenvalue weighted by Gasteiger charge is -2.26. The maximum Gasteiger partial charge on any atom is 0.416 e. The molecule has 25 heavy (non-hydrogen) atoms. The van der Waals surface area contributed by atoms with Gasteiger partial charge in [0, 0.05) is 19.6 Å². The first-order valence-corrected chi connectivity index (χ1v) is 7.95. The van der Waals surface area contributed by atoms with Gasteiger partial charge < -0.3 is 15.8 Å². The molecule has 5 nitrogen and oxygen atoms in total. The summed E-state index contributed by atoms with van der Waals surface area (Å²) in [6, 6.07) is 4.93. The summed E-state index contributed by atoms with van der Waals surface area (Å²) in [5.74, 6) is 0.303. The quantitative estimate of drug-likeness (QED) is 0.289. The Morgan fingerprint density at radius 3 is 2.44 bits per heavy atom. The van der Waals surface area contributed by atoms with Crippen molar-refractivity contribution in [3.63, 3.8) is 0 Å². The standard InChI is InChI=1S/C16H23F3N4O.HI/c17-16(18,19)14-4-2-13(3-5-14)12-22-15(20)21-6-1-7-23-8-10-24-11-9-23;/h2-5H,1,6-12H2,(H3,20,21,22);1H. The van der Waals surface area contributed by atoms with Crippen molar-refractivity contribution < 1.29 is 17.9 Å². The topological polar surface area (TPSA) is 62.9 Å². The van der Waals surface area contributed by atoms with Gasteiger partial charge in [0.2, 0.25) is 0 Å². The van der Waals surface area contributed by atoms with Gasteiger partial charge in [0.25, 0.3) is 0 Å². The second-order valence-electron chi connectivity index (χ2n) is 5.63. The van der Waals surface area contributed by atoms with E-state index in [-0.39, 0.29) is 30.5 Å². The molecule has 142 valence electrons. The third-order valence-corrected chi connectivity index (χ3v) is 3.77. The van der Waals surface area contributed by atoms with Crippen LogP contribution < -0.4 is 11.1 Å². The van der Waals surface area contributed by atoms with E-state index in [2.05, 4.69) is 15.2 Å². The highest BCUT2D eigenvalue weighted by atomic mass is 127. The summed E-state index contributed by atoms with van der Waals surface area (Å²) in [5.41, 5.74) is 5.78. The summed E-state index contributed by atoms with van der Waals surface area (Å²) in [7, 11) is 0. The van der Waals surface area contributed by atoms with Crippen LogP contribution in [-0.2, 0) is 17.5 Å². The monoisotopic (exact) mass is 472 g/mol. The second kappa shape index (κ2) is 10.8. The van der Waals surface area contributed by atoms with Gasteiger partial charge in [-0.1, -0.05) is 12.1 Å². The van der Waals surface area contributed by atoms with Crippen LogP contribution in [0.4, 0.5) is 13.2 Å². The molecule has 1 aliphatic heterocycles. The van der Waals surface area contributed by atoms with Crippen molar-refractivity contribution in [2.24, 2.45) is 10.7 Å². The highest BCUT2D eigenvalue weighted by Crippen LogP contribution is 2.29. The smallest absolute Gasteiger partial charge is 0.379 e. The van der Waals surface area contributed by atoms with Gasteiger partial charge in [-0.05, 0) is 30.7 Å². The Bertz CT molecular complexity index is 531. The van der Waals surface area contributed by atoms with Crippen LogP contribution in [0.15, 0.2) is 29.3 Å². The predicted molar refractivity (Wildman–Crippen MR) is 102 cm³/mol. The second-order valence-corrected chi connectivity index (χ2v) is 5.63. The fraction of sp³-hybridized carbons (Fsp3) is 0.562. The summed E-state index contributed by atoms with van der Waals surface area (Å²) in [6.45, 7) is 5.41. The van der Waals surface area contributed by atoms with E-state index in [9.17, 15) is 13.2 Å². The average molecular weight is 472 g/mol. The number of benzene rings is 1. The van der Waals surface area contributed by atoms with Gasteiger partial charge in [0.15, 0.2) is 5.96 Å². The number of alkyl halides is 3. The lowest BCUT2D eigenvalue weighted by atomic mass is 10.1. The summed E-state index contributed by atoms with van der Waals surface area (Å²) >= 11 is 0. The van der Waals surface area contributed by atoms with Crippen LogP contribution in [0.25, 0.3) is 0 Å². The zero-order chi connectivity index (χ0) is 17.4. The number of hydrogen-bond donors (Lipinski definition) is 2. The van der Waals surface area contributed by atoms with Gasteiger partial charge in [-0.3, -0.25) is 4.90 Å². The number of aliphatic imine (C=N–C) groups is 1. The van der Waals surface area contributed by atoms with Crippen LogP contribution in [0.5, 0.6) is 0 Å². The molecule has 2 rings (SSSR count). The molecule has 0 aromatic heterocycles. The van der Waals surface area contributed by atoms with Gasteiger partial charge in [-0.15, -0.1) is 24.0 Å². The molecule has 0 unspecified atom stereocenters. The minimum Gasteiger partial charge on any atom is -0.379 e. The Morgan fingerprint density at radius 2 is 1.84 bits per heavy atom. The van der Waals surface area contributed by atoms with E-state index in [4.69, 9.17) is 10.5 Å². The van der Waals surface area contributed by atoms with Gasteiger partial charge >= 0.3 is 6.18 Å². The van der Waals surface area contributed by atoms with E-state index in [0.717, 1.165) is 51.4 Å². The molecule has 1 fully saturated rings. The van der Waals surface area contributed by atoms with Crippen LogP contribution in [0.3, 0.4) is 0 Å². The van der Waals surface area contributed by atoms with Gasteiger partial charge in [-0.25, -0.2) is 4.99 Å². The fourth-order valence-corrected chi connectivity index (χ4v) is 2.38. The van der Waals surface area contributed by atoms with E-state index >= 15 is 0 Å². The number of morpholine rings is 1. The molecule has 9 heteroatoms. The van der Waals surface area contributed by atoms with E-state index in [1.165, 1.54) is 12.1 Å². The first kappa shape index (κ1) is 22.0. The van der Waals surface area contributed by atoms with Crippen molar-refractivity contribution in [2.45, 2.75) is 19.1 Å². The third kappa shape index (κ3) is 8.23. The van der Waals surface area contributed by atoms with E-state index in [1.54, 1.807) is 0 Å². The normalized spacial score (nSPS) is 16.4. The van der Waals surface area contributed by atoms with Gasteiger partial charge in [0.1, 0.15) is 0 Å². The minimum absolute atomic E-state index is 0. The number of halogens is 4. The van der Waals surface area contributed by atoms with Crippen LogP contribution in [0.1, 0.15) is 17.5 Å². The summed E-state index contributed by atoms with van der Waals surface area (Å²) in [5, 5.41) is 3.02. The molecule has 0 amide bonds.